The van der Waals surface area contributed by atoms with Gasteiger partial charge in [0.1, 0.15) is 0 Å². The smallest absolute Gasteiger partial charge is 0.253 e. The van der Waals surface area contributed by atoms with Gasteiger partial charge in [-0.25, -0.2) is 0 Å². The number of pyridine rings is 1. The molecule has 0 aliphatic carbocycles. The molecule has 7 heteroatoms. The maximum Gasteiger partial charge on any atom is 0.253 e. The zero-order chi connectivity index (χ0) is 13.7. The molecule has 1 amide bonds. The van der Waals surface area contributed by atoms with E-state index in [1.807, 2.05) is 13.0 Å². The van der Waals surface area contributed by atoms with Crippen molar-refractivity contribution in [2.75, 3.05) is 19.6 Å². The summed E-state index contributed by atoms with van der Waals surface area (Å²) < 4.78 is 0. The average molecular weight is 351 g/mol. The van der Waals surface area contributed by atoms with E-state index in [9.17, 15) is 4.79 Å². The molecule has 2 aromatic rings. The predicted molar refractivity (Wildman–Crippen MR) is 92.1 cm³/mol. The second-order valence-corrected chi connectivity index (χ2v) is 4.51. The molecule has 0 bridgehead atoms. The molecule has 0 saturated heterocycles. The topological polar surface area (TPSA) is 54.0 Å². The van der Waals surface area contributed by atoms with E-state index >= 15 is 0 Å². The van der Waals surface area contributed by atoms with E-state index < -0.39 is 0 Å². The molecule has 21 heavy (non-hydrogen) atoms. The fourth-order valence-corrected chi connectivity index (χ4v) is 2.07. The molecule has 0 atom stereocenters. The van der Waals surface area contributed by atoms with Gasteiger partial charge < -0.3 is 10.6 Å². The van der Waals surface area contributed by atoms with E-state index in [2.05, 4.69) is 15.6 Å². The molecule has 1 aromatic heterocycles. The molecule has 0 aliphatic rings. The van der Waals surface area contributed by atoms with Gasteiger partial charge in [-0.2, -0.15) is 0 Å². The molecule has 0 radical (unpaired) electrons. The van der Waals surface area contributed by atoms with E-state index in [1.54, 1.807) is 24.4 Å². The SMILES string of the molecule is CCNCCNC(=O)c1ccc(Cl)c2cccnc12.Cl.Cl. The normalized spacial score (nSPS) is 9.62. The average Bonchev–Trinajstić information content (AvgIpc) is 2.44. The molecular formula is C14H18Cl3N3O. The Bertz CT molecular complexity index is 593. The summed E-state index contributed by atoms with van der Waals surface area (Å²) >= 11 is 6.10. The number of amides is 1. The fraction of sp³-hybridized carbons (Fsp3) is 0.286. The Morgan fingerprint density at radius 2 is 2.00 bits per heavy atom. The third kappa shape index (κ3) is 5.00. The lowest BCUT2D eigenvalue weighted by molar-refractivity contribution is 0.0955. The zero-order valence-corrected chi connectivity index (χ0v) is 13.9. The Hall–Kier alpha value is -1.07. The molecule has 1 aromatic carbocycles. The van der Waals surface area contributed by atoms with Gasteiger partial charge in [0.15, 0.2) is 0 Å². The maximum absolute atomic E-state index is 12.1. The summed E-state index contributed by atoms with van der Waals surface area (Å²) in [5.41, 5.74) is 1.19. The van der Waals surface area contributed by atoms with Crippen molar-refractivity contribution in [1.82, 2.24) is 15.6 Å². The Kier molecular flexibility index (Phi) is 9.29. The molecule has 4 nitrogen and oxygen atoms in total. The highest BCUT2D eigenvalue weighted by molar-refractivity contribution is 6.36. The minimum absolute atomic E-state index is 0. The molecule has 0 unspecified atom stereocenters. The Labute approximate surface area is 141 Å². The van der Waals surface area contributed by atoms with Crippen LogP contribution in [0.1, 0.15) is 17.3 Å². The van der Waals surface area contributed by atoms with Crippen molar-refractivity contribution in [2.24, 2.45) is 0 Å². The van der Waals surface area contributed by atoms with E-state index in [1.165, 1.54) is 0 Å². The largest absolute Gasteiger partial charge is 0.351 e. The van der Waals surface area contributed by atoms with Gasteiger partial charge in [-0.15, -0.1) is 24.8 Å². The van der Waals surface area contributed by atoms with Gasteiger partial charge in [0, 0.05) is 24.7 Å². The molecule has 1 heterocycles. The second-order valence-electron chi connectivity index (χ2n) is 4.10. The standard InChI is InChI=1S/C14H16ClN3O.2ClH/c1-2-16-8-9-18-14(19)11-5-6-12(15)10-4-3-7-17-13(10)11;;/h3-7,16H,2,8-9H2,1H3,(H,18,19);2*1H. The number of carbonyl (C=O) groups is 1. The lowest BCUT2D eigenvalue weighted by Crippen LogP contribution is -2.31. The van der Waals surface area contributed by atoms with Crippen LogP contribution < -0.4 is 10.6 Å². The van der Waals surface area contributed by atoms with Crippen molar-refractivity contribution in [1.29, 1.82) is 0 Å². The number of nitrogens with one attached hydrogen (secondary N) is 2. The monoisotopic (exact) mass is 349 g/mol. The first kappa shape index (κ1) is 19.9. The summed E-state index contributed by atoms with van der Waals surface area (Å²) in [5.74, 6) is -0.127. The van der Waals surface area contributed by atoms with Crippen LogP contribution in [0.25, 0.3) is 10.9 Å². The highest BCUT2D eigenvalue weighted by Gasteiger charge is 2.12. The third-order valence-corrected chi connectivity index (χ3v) is 3.13. The number of likely N-dealkylation sites (N-methyl/N-ethyl adjacent to an activating group) is 1. The van der Waals surface area contributed by atoms with Gasteiger partial charge in [-0.3, -0.25) is 9.78 Å². The molecular weight excluding hydrogens is 333 g/mol. The Morgan fingerprint density at radius 3 is 2.71 bits per heavy atom. The number of halogens is 3. The Balaban J connectivity index is 0.00000200. The fourth-order valence-electron chi connectivity index (χ4n) is 1.86. The van der Waals surface area contributed by atoms with Crippen LogP contribution in [0, 0.1) is 0 Å². The van der Waals surface area contributed by atoms with Crippen molar-refractivity contribution in [3.05, 3.63) is 41.0 Å². The summed E-state index contributed by atoms with van der Waals surface area (Å²) in [6, 6.07) is 7.10. The van der Waals surface area contributed by atoms with Crippen LogP contribution in [0.4, 0.5) is 0 Å². The van der Waals surface area contributed by atoms with Gasteiger partial charge in [0.05, 0.1) is 16.1 Å². The van der Waals surface area contributed by atoms with Crippen molar-refractivity contribution in [2.45, 2.75) is 6.92 Å². The molecule has 2 rings (SSSR count). The zero-order valence-electron chi connectivity index (χ0n) is 11.6. The van der Waals surface area contributed by atoms with Crippen molar-refractivity contribution < 1.29 is 4.79 Å². The first-order valence-corrected chi connectivity index (χ1v) is 6.64. The van der Waals surface area contributed by atoms with Crippen LogP contribution in [0.5, 0.6) is 0 Å². The van der Waals surface area contributed by atoms with Crippen LogP contribution in [0.2, 0.25) is 5.02 Å². The van der Waals surface area contributed by atoms with Crippen LogP contribution in [0.15, 0.2) is 30.5 Å². The molecule has 0 aliphatic heterocycles. The van der Waals surface area contributed by atoms with Crippen LogP contribution in [-0.2, 0) is 0 Å². The number of nitrogens with zero attached hydrogens (tertiary/aromatic N) is 1. The van der Waals surface area contributed by atoms with Gasteiger partial charge in [0.25, 0.3) is 5.91 Å². The van der Waals surface area contributed by atoms with E-state index in [0.717, 1.165) is 18.5 Å². The lowest BCUT2D eigenvalue weighted by Gasteiger charge is -2.08. The van der Waals surface area contributed by atoms with Crippen molar-refractivity contribution >= 4 is 53.2 Å². The van der Waals surface area contributed by atoms with Crippen molar-refractivity contribution in [3.8, 4) is 0 Å². The maximum atomic E-state index is 12.1. The molecule has 2 N–H and O–H groups in total. The first-order chi connectivity index (χ1) is 9.24. The molecule has 0 spiro atoms. The summed E-state index contributed by atoms with van der Waals surface area (Å²) in [5, 5.41) is 7.41. The van der Waals surface area contributed by atoms with Crippen molar-refractivity contribution in [3.63, 3.8) is 0 Å². The highest BCUT2D eigenvalue weighted by atomic mass is 35.5. The second kappa shape index (κ2) is 9.79. The predicted octanol–water partition coefficient (Wildman–Crippen LogP) is 3.07. The minimum atomic E-state index is -0.127. The molecule has 0 fully saturated rings. The number of aromatic nitrogens is 1. The Morgan fingerprint density at radius 1 is 1.24 bits per heavy atom. The van der Waals surface area contributed by atoms with Gasteiger partial charge in [-0.05, 0) is 30.8 Å². The minimum Gasteiger partial charge on any atom is -0.351 e. The number of hydrogen-bond acceptors (Lipinski definition) is 3. The number of rotatable bonds is 5. The summed E-state index contributed by atoms with van der Waals surface area (Å²) in [6.07, 6.45) is 1.66. The first-order valence-electron chi connectivity index (χ1n) is 6.26. The molecule has 116 valence electrons. The number of fused-ring (bicyclic) bond motifs is 1. The van der Waals surface area contributed by atoms with Gasteiger partial charge in [-0.1, -0.05) is 18.5 Å². The van der Waals surface area contributed by atoms with Gasteiger partial charge in [0.2, 0.25) is 0 Å². The van der Waals surface area contributed by atoms with E-state index in [0.29, 0.717) is 22.6 Å². The summed E-state index contributed by atoms with van der Waals surface area (Å²) in [6.45, 7) is 4.25. The summed E-state index contributed by atoms with van der Waals surface area (Å²) in [7, 11) is 0. The number of carbonyl (C=O) groups excluding carboxylic acids is 1. The summed E-state index contributed by atoms with van der Waals surface area (Å²) in [4.78, 5) is 16.4. The quantitative estimate of drug-likeness (QED) is 0.815. The third-order valence-electron chi connectivity index (χ3n) is 2.80. The lowest BCUT2D eigenvalue weighted by atomic mass is 10.1. The molecule has 0 saturated carbocycles. The van der Waals surface area contributed by atoms with Crippen LogP contribution in [-0.4, -0.2) is 30.5 Å². The van der Waals surface area contributed by atoms with Crippen LogP contribution in [0.3, 0.4) is 0 Å². The number of benzene rings is 1. The highest BCUT2D eigenvalue weighted by Crippen LogP contribution is 2.24. The number of hydrogen-bond donors (Lipinski definition) is 2. The van der Waals surface area contributed by atoms with E-state index in [4.69, 9.17) is 11.6 Å². The van der Waals surface area contributed by atoms with E-state index in [-0.39, 0.29) is 30.7 Å². The van der Waals surface area contributed by atoms with Crippen LogP contribution >= 0.6 is 36.4 Å². The van der Waals surface area contributed by atoms with Gasteiger partial charge >= 0.3 is 0 Å².